The average molecular weight is 399 g/mol. The number of esters is 1. The van der Waals surface area contributed by atoms with E-state index in [0.717, 1.165) is 22.4 Å². The van der Waals surface area contributed by atoms with Crippen LogP contribution in [0.15, 0.2) is 71.1 Å². The van der Waals surface area contributed by atoms with E-state index in [0.29, 0.717) is 17.1 Å². The first-order chi connectivity index (χ1) is 14.5. The van der Waals surface area contributed by atoms with Crippen molar-refractivity contribution in [3.05, 3.63) is 89.4 Å². The number of pyridine rings is 1. The summed E-state index contributed by atoms with van der Waals surface area (Å²) in [5, 5.41) is 8.09. The van der Waals surface area contributed by atoms with Crippen LogP contribution >= 0.6 is 0 Å². The van der Waals surface area contributed by atoms with Crippen LogP contribution in [0.4, 0.5) is 0 Å². The van der Waals surface area contributed by atoms with Crippen molar-refractivity contribution in [3.8, 4) is 22.7 Å². The van der Waals surface area contributed by atoms with Gasteiger partial charge in [-0.3, -0.25) is 4.98 Å². The van der Waals surface area contributed by atoms with Crippen LogP contribution in [0.2, 0.25) is 0 Å². The molecule has 0 aliphatic rings. The van der Waals surface area contributed by atoms with Crippen LogP contribution in [0.3, 0.4) is 0 Å². The van der Waals surface area contributed by atoms with Gasteiger partial charge < -0.3 is 9.15 Å². The average Bonchev–Trinajstić information content (AvgIpc) is 3.25. The fourth-order valence-corrected chi connectivity index (χ4v) is 3.03. The Hall–Kier alpha value is -3.80. The van der Waals surface area contributed by atoms with E-state index in [1.54, 1.807) is 19.9 Å². The summed E-state index contributed by atoms with van der Waals surface area (Å²) >= 11 is 0. The lowest BCUT2D eigenvalue weighted by atomic mass is 10.1. The summed E-state index contributed by atoms with van der Waals surface area (Å²) in [7, 11) is 0. The van der Waals surface area contributed by atoms with Gasteiger partial charge in [0.2, 0.25) is 5.89 Å². The highest BCUT2D eigenvalue weighted by Crippen LogP contribution is 2.24. The maximum Gasteiger partial charge on any atom is 0.340 e. The summed E-state index contributed by atoms with van der Waals surface area (Å²) in [6.45, 7) is 5.50. The van der Waals surface area contributed by atoms with Gasteiger partial charge in [-0.1, -0.05) is 48.0 Å². The fraction of sp³-hybridized carbons (Fsp3) is 0.167. The fourth-order valence-electron chi connectivity index (χ4n) is 3.03. The molecule has 150 valence electrons. The Morgan fingerprint density at radius 3 is 2.33 bits per heavy atom. The minimum atomic E-state index is -0.683. The SMILES string of the molecule is Cc1ccc(-c2nnc(C(C)OC(=O)c3ccc(-c4ccccc4)nc3C)o2)cc1. The van der Waals surface area contributed by atoms with Crippen molar-refractivity contribution in [2.45, 2.75) is 26.9 Å². The molecule has 0 bridgehead atoms. The van der Waals surface area contributed by atoms with Crippen LogP contribution < -0.4 is 0 Å². The number of nitrogens with zero attached hydrogens (tertiary/aromatic N) is 3. The summed E-state index contributed by atoms with van der Waals surface area (Å²) in [6, 6.07) is 21.1. The summed E-state index contributed by atoms with van der Waals surface area (Å²) < 4.78 is 11.2. The molecule has 1 unspecified atom stereocenters. The van der Waals surface area contributed by atoms with Crippen LogP contribution in [0.25, 0.3) is 22.7 Å². The third kappa shape index (κ3) is 4.12. The molecule has 2 aromatic heterocycles. The van der Waals surface area contributed by atoms with Crippen molar-refractivity contribution in [2.24, 2.45) is 0 Å². The van der Waals surface area contributed by atoms with E-state index >= 15 is 0 Å². The second-order valence-corrected chi connectivity index (χ2v) is 7.05. The quantitative estimate of drug-likeness (QED) is 0.422. The zero-order valence-electron chi connectivity index (χ0n) is 17.0. The Kier molecular flexibility index (Phi) is 5.39. The first-order valence-corrected chi connectivity index (χ1v) is 9.66. The Morgan fingerprint density at radius 2 is 1.63 bits per heavy atom. The number of carbonyl (C=O) groups is 1. The standard InChI is InChI=1S/C24H21N3O3/c1-15-9-11-19(12-10-15)23-27-26-22(30-23)17(3)29-24(28)20-13-14-21(25-16(20)2)18-7-5-4-6-8-18/h4-14,17H,1-3H3. The lowest BCUT2D eigenvalue weighted by Gasteiger charge is -2.11. The Balaban J connectivity index is 1.48. The zero-order chi connectivity index (χ0) is 21.1. The van der Waals surface area contributed by atoms with Gasteiger partial charge in [0, 0.05) is 11.1 Å². The van der Waals surface area contributed by atoms with Crippen LogP contribution in [0, 0.1) is 13.8 Å². The van der Waals surface area contributed by atoms with Gasteiger partial charge in [0.1, 0.15) is 0 Å². The predicted octanol–water partition coefficient (Wildman–Crippen LogP) is 5.33. The Bertz CT molecular complexity index is 1170. The van der Waals surface area contributed by atoms with Crippen molar-refractivity contribution in [1.29, 1.82) is 0 Å². The van der Waals surface area contributed by atoms with Gasteiger partial charge in [-0.2, -0.15) is 0 Å². The number of benzene rings is 2. The highest BCUT2D eigenvalue weighted by Gasteiger charge is 2.21. The molecule has 4 aromatic rings. The molecule has 0 radical (unpaired) electrons. The highest BCUT2D eigenvalue weighted by atomic mass is 16.6. The van der Waals surface area contributed by atoms with E-state index in [1.807, 2.05) is 67.6 Å². The highest BCUT2D eigenvalue weighted by molar-refractivity contribution is 5.91. The van der Waals surface area contributed by atoms with E-state index in [-0.39, 0.29) is 5.89 Å². The molecule has 0 N–H and O–H groups in total. The molecule has 0 aliphatic carbocycles. The van der Waals surface area contributed by atoms with Gasteiger partial charge in [0.15, 0.2) is 6.10 Å². The summed E-state index contributed by atoms with van der Waals surface area (Å²) in [4.78, 5) is 17.2. The molecule has 30 heavy (non-hydrogen) atoms. The molecule has 0 amide bonds. The van der Waals surface area contributed by atoms with E-state index in [2.05, 4.69) is 15.2 Å². The third-order valence-corrected chi connectivity index (χ3v) is 4.75. The van der Waals surface area contributed by atoms with Crippen LogP contribution in [0.1, 0.15) is 40.5 Å². The van der Waals surface area contributed by atoms with Crippen molar-refractivity contribution < 1.29 is 13.9 Å². The van der Waals surface area contributed by atoms with Gasteiger partial charge >= 0.3 is 5.97 Å². The van der Waals surface area contributed by atoms with Gasteiger partial charge in [0.05, 0.1) is 17.0 Å². The molecule has 0 spiro atoms. The third-order valence-electron chi connectivity index (χ3n) is 4.75. The minimum Gasteiger partial charge on any atom is -0.449 e. The number of rotatable bonds is 5. The molecule has 1 atom stereocenters. The monoisotopic (exact) mass is 399 g/mol. The topological polar surface area (TPSA) is 78.1 Å². The molecule has 2 aromatic carbocycles. The molecule has 0 saturated heterocycles. The van der Waals surface area contributed by atoms with Crippen molar-refractivity contribution >= 4 is 5.97 Å². The zero-order valence-corrected chi connectivity index (χ0v) is 17.0. The molecule has 0 saturated carbocycles. The summed E-state index contributed by atoms with van der Waals surface area (Å²) in [5.74, 6) is 0.144. The smallest absolute Gasteiger partial charge is 0.340 e. The van der Waals surface area contributed by atoms with Crippen molar-refractivity contribution in [1.82, 2.24) is 15.2 Å². The summed E-state index contributed by atoms with van der Waals surface area (Å²) in [6.07, 6.45) is -0.683. The Labute approximate surface area is 174 Å². The van der Waals surface area contributed by atoms with Gasteiger partial charge in [0.25, 0.3) is 5.89 Å². The second kappa shape index (κ2) is 8.29. The number of hydrogen-bond donors (Lipinski definition) is 0. The first kappa shape index (κ1) is 19.5. The number of aromatic nitrogens is 3. The van der Waals surface area contributed by atoms with E-state index in [4.69, 9.17) is 9.15 Å². The van der Waals surface area contributed by atoms with Crippen molar-refractivity contribution in [2.75, 3.05) is 0 Å². The molecule has 2 heterocycles. The summed E-state index contributed by atoms with van der Waals surface area (Å²) in [5.41, 5.74) is 4.75. The maximum atomic E-state index is 12.7. The Morgan fingerprint density at radius 1 is 0.900 bits per heavy atom. The second-order valence-electron chi connectivity index (χ2n) is 7.05. The molecular formula is C24H21N3O3. The van der Waals surface area contributed by atoms with Crippen LogP contribution in [-0.4, -0.2) is 21.2 Å². The largest absolute Gasteiger partial charge is 0.449 e. The number of aryl methyl sites for hydroxylation is 2. The number of hydrogen-bond acceptors (Lipinski definition) is 6. The number of carbonyl (C=O) groups excluding carboxylic acids is 1. The minimum absolute atomic E-state index is 0.241. The molecule has 0 fully saturated rings. The lowest BCUT2D eigenvalue weighted by molar-refractivity contribution is 0.0278. The van der Waals surface area contributed by atoms with Gasteiger partial charge in [-0.25, -0.2) is 4.79 Å². The van der Waals surface area contributed by atoms with Crippen LogP contribution in [0.5, 0.6) is 0 Å². The predicted molar refractivity (Wildman–Crippen MR) is 113 cm³/mol. The first-order valence-electron chi connectivity index (χ1n) is 9.66. The van der Waals surface area contributed by atoms with E-state index < -0.39 is 12.1 Å². The van der Waals surface area contributed by atoms with E-state index in [1.165, 1.54) is 0 Å². The number of ether oxygens (including phenoxy) is 1. The van der Waals surface area contributed by atoms with E-state index in [9.17, 15) is 4.79 Å². The lowest BCUT2D eigenvalue weighted by Crippen LogP contribution is -2.12. The molecule has 6 nitrogen and oxygen atoms in total. The molecular weight excluding hydrogens is 378 g/mol. The normalized spacial score (nSPS) is 11.8. The maximum absolute atomic E-state index is 12.7. The van der Waals surface area contributed by atoms with Gasteiger partial charge in [-0.15, -0.1) is 10.2 Å². The van der Waals surface area contributed by atoms with Crippen LogP contribution in [-0.2, 0) is 4.74 Å². The molecule has 0 aliphatic heterocycles. The van der Waals surface area contributed by atoms with Crippen molar-refractivity contribution in [3.63, 3.8) is 0 Å². The molecule has 6 heteroatoms. The van der Waals surface area contributed by atoms with Gasteiger partial charge in [-0.05, 0) is 45.0 Å². The molecule has 4 rings (SSSR count).